The lowest BCUT2D eigenvalue weighted by molar-refractivity contribution is -0.140. The first-order valence-corrected chi connectivity index (χ1v) is 21.5. The summed E-state index contributed by atoms with van der Waals surface area (Å²) >= 11 is 0. The fourth-order valence-electron chi connectivity index (χ4n) is 8.97. The van der Waals surface area contributed by atoms with Crippen LogP contribution in [0.3, 0.4) is 0 Å². The third kappa shape index (κ3) is 11.1. The molecule has 4 aromatic rings. The van der Waals surface area contributed by atoms with Crippen molar-refractivity contribution in [1.82, 2.24) is 9.80 Å². The Morgan fingerprint density at radius 1 is 0.557 bits per heavy atom. The van der Waals surface area contributed by atoms with Crippen molar-refractivity contribution in [3.05, 3.63) is 128 Å². The molecule has 0 saturated heterocycles. The van der Waals surface area contributed by atoms with E-state index in [0.29, 0.717) is 36.6 Å². The Labute approximate surface area is 362 Å². The second-order valence-corrected chi connectivity index (χ2v) is 16.5. The Balaban J connectivity index is 0.998. The Kier molecular flexibility index (Phi) is 15.5. The van der Waals surface area contributed by atoms with E-state index in [-0.39, 0.29) is 25.3 Å². The van der Waals surface area contributed by atoms with Crippen LogP contribution in [0.2, 0.25) is 0 Å². The van der Waals surface area contributed by atoms with Crippen molar-refractivity contribution in [2.45, 2.75) is 85.2 Å². The largest absolute Gasteiger partial charge is 0.493 e. The quantitative estimate of drug-likeness (QED) is 0.0551. The van der Waals surface area contributed by atoms with E-state index in [9.17, 15) is 9.59 Å². The van der Waals surface area contributed by atoms with Crippen LogP contribution in [0, 0.1) is 34.6 Å². The zero-order valence-corrected chi connectivity index (χ0v) is 37.7. The van der Waals surface area contributed by atoms with E-state index >= 15 is 0 Å². The van der Waals surface area contributed by atoms with Crippen LogP contribution in [0.25, 0.3) is 0 Å². The van der Waals surface area contributed by atoms with Gasteiger partial charge in [-0.15, -0.1) is 0 Å². The monoisotopic (exact) mass is 832 g/mol. The molecule has 0 aliphatic carbocycles. The molecule has 2 aliphatic rings. The molecule has 0 amide bonds. The van der Waals surface area contributed by atoms with Crippen molar-refractivity contribution in [1.29, 1.82) is 0 Å². The molecule has 0 unspecified atom stereocenters. The number of nitrogens with zero attached hydrogens (tertiary/aromatic N) is 2. The molecule has 2 atom stereocenters. The van der Waals surface area contributed by atoms with Crippen molar-refractivity contribution in [2.24, 2.45) is 0 Å². The molecule has 2 heterocycles. The Bertz CT molecular complexity index is 2210. The Morgan fingerprint density at radius 2 is 1.07 bits per heavy atom. The minimum absolute atomic E-state index is 0.0361. The van der Waals surface area contributed by atoms with Gasteiger partial charge in [-0.05, 0) is 153 Å². The van der Waals surface area contributed by atoms with Crippen molar-refractivity contribution < 1.29 is 38.0 Å². The molecule has 0 radical (unpaired) electrons. The number of rotatable bonds is 18. The van der Waals surface area contributed by atoms with Crippen LogP contribution in [-0.2, 0) is 44.7 Å². The molecule has 0 aromatic heterocycles. The lowest BCUT2D eigenvalue weighted by atomic mass is 9.85. The highest BCUT2D eigenvalue weighted by Gasteiger charge is 2.31. The number of benzene rings is 4. The van der Waals surface area contributed by atoms with Gasteiger partial charge in [0.15, 0.2) is 23.0 Å². The maximum atomic E-state index is 12.7. The fourth-order valence-corrected chi connectivity index (χ4v) is 8.97. The van der Waals surface area contributed by atoms with Crippen LogP contribution < -0.4 is 18.9 Å². The van der Waals surface area contributed by atoms with Gasteiger partial charge in [0.2, 0.25) is 0 Å². The number of carbonyl (C=O) groups is 2. The van der Waals surface area contributed by atoms with E-state index in [4.69, 9.17) is 28.4 Å². The summed E-state index contributed by atoms with van der Waals surface area (Å²) in [7, 11) is 6.61. The van der Waals surface area contributed by atoms with Gasteiger partial charge in [0.1, 0.15) is 0 Å². The number of carbonyl (C=O) groups excluding carboxylic acids is 2. The summed E-state index contributed by atoms with van der Waals surface area (Å²) in [5.41, 5.74) is 13.9. The molecule has 0 spiro atoms. The zero-order valence-electron chi connectivity index (χ0n) is 37.7. The van der Waals surface area contributed by atoms with E-state index in [1.54, 1.807) is 28.4 Å². The number of esters is 2. The standard InChI is InChI=1S/C51H64N2O8/c1-33-12-13-38(24-34(33)2)28-44-42-27-36(4)35(3)26-40(42)16-20-52(44)18-10-22-60-49(54)14-15-50(55)61-23-11-19-53-21-17-41-31-46(56-6)47(57-7)32-43(41)45(53)29-39-25-37(5)51(59-9)48(30-39)58-8/h12-15,24-27,30-32,44-45H,10-11,16-23,28-29H2,1-9H3/b15-14-/t44-,45-/m1/s1. The lowest BCUT2D eigenvalue weighted by Gasteiger charge is -2.38. The van der Waals surface area contributed by atoms with Crippen LogP contribution in [0.15, 0.2) is 66.7 Å². The number of ether oxygens (including phenoxy) is 6. The molecule has 6 rings (SSSR count). The van der Waals surface area contributed by atoms with Gasteiger partial charge in [-0.2, -0.15) is 0 Å². The molecule has 2 aliphatic heterocycles. The first kappa shape index (κ1) is 45.2. The summed E-state index contributed by atoms with van der Waals surface area (Å²) < 4.78 is 33.7. The van der Waals surface area contributed by atoms with Gasteiger partial charge in [-0.1, -0.05) is 36.4 Å². The van der Waals surface area contributed by atoms with E-state index < -0.39 is 11.9 Å². The van der Waals surface area contributed by atoms with Crippen molar-refractivity contribution in [3.63, 3.8) is 0 Å². The number of aryl methyl sites for hydroxylation is 5. The Hall–Kier alpha value is -5.32. The third-order valence-corrected chi connectivity index (χ3v) is 12.5. The van der Waals surface area contributed by atoms with E-state index in [1.165, 1.54) is 50.1 Å². The Morgan fingerprint density at radius 3 is 1.64 bits per heavy atom. The highest BCUT2D eigenvalue weighted by atomic mass is 16.5. The molecule has 10 heteroatoms. The summed E-state index contributed by atoms with van der Waals surface area (Å²) in [5.74, 6) is 1.71. The lowest BCUT2D eigenvalue weighted by Crippen LogP contribution is -2.38. The van der Waals surface area contributed by atoms with Gasteiger partial charge >= 0.3 is 11.9 Å². The number of hydrogen-bond donors (Lipinski definition) is 0. The summed E-state index contributed by atoms with van der Waals surface area (Å²) in [6.07, 6.45) is 7.15. The van der Waals surface area contributed by atoms with Crippen molar-refractivity contribution in [3.8, 4) is 23.0 Å². The van der Waals surface area contributed by atoms with Crippen molar-refractivity contribution >= 4 is 11.9 Å². The fraction of sp³-hybridized carbons (Fsp3) is 0.451. The zero-order chi connectivity index (χ0) is 43.6. The molecule has 61 heavy (non-hydrogen) atoms. The molecule has 10 nitrogen and oxygen atoms in total. The minimum Gasteiger partial charge on any atom is -0.493 e. The summed E-state index contributed by atoms with van der Waals surface area (Å²) in [6, 6.07) is 20.1. The van der Waals surface area contributed by atoms with Crippen LogP contribution in [0.1, 0.15) is 86.1 Å². The first-order valence-electron chi connectivity index (χ1n) is 21.5. The van der Waals surface area contributed by atoms with Gasteiger partial charge in [0, 0.05) is 50.4 Å². The van der Waals surface area contributed by atoms with Crippen LogP contribution in [0.4, 0.5) is 0 Å². The summed E-state index contributed by atoms with van der Waals surface area (Å²) in [5, 5.41) is 0. The average Bonchev–Trinajstić information content (AvgIpc) is 3.25. The average molecular weight is 833 g/mol. The molecule has 0 bridgehead atoms. The van der Waals surface area contributed by atoms with Crippen LogP contribution in [0.5, 0.6) is 23.0 Å². The molecular weight excluding hydrogens is 769 g/mol. The predicted octanol–water partition coefficient (Wildman–Crippen LogP) is 8.67. The molecular formula is C51H64N2O8. The highest BCUT2D eigenvalue weighted by molar-refractivity contribution is 5.91. The summed E-state index contributed by atoms with van der Waals surface area (Å²) in [6.45, 7) is 14.5. The SMILES string of the molecule is COc1cc2c(cc1OC)[C@@H](Cc1cc(C)c(OC)c(OC)c1)N(CCCOC(=O)/C=C\C(=O)OCCCN1CCc3cc(C)c(C)cc3[C@H]1Cc1ccc(C)c(C)c1)CC2. The molecule has 326 valence electrons. The highest BCUT2D eigenvalue weighted by Crippen LogP contribution is 2.41. The molecule has 0 N–H and O–H groups in total. The van der Waals surface area contributed by atoms with Gasteiger partial charge in [-0.3, -0.25) is 9.80 Å². The number of hydrogen-bond acceptors (Lipinski definition) is 10. The third-order valence-electron chi connectivity index (χ3n) is 12.5. The minimum atomic E-state index is -0.568. The second kappa shape index (κ2) is 21.0. The van der Waals surface area contributed by atoms with Gasteiger partial charge < -0.3 is 28.4 Å². The smallest absolute Gasteiger partial charge is 0.331 e. The first-order chi connectivity index (χ1) is 29.4. The number of methoxy groups -OCH3 is 4. The van der Waals surface area contributed by atoms with Crippen LogP contribution >= 0.6 is 0 Å². The topological polar surface area (TPSA) is 96.0 Å². The second-order valence-electron chi connectivity index (χ2n) is 16.5. The van der Waals surface area contributed by atoms with Gasteiger partial charge in [0.25, 0.3) is 0 Å². The molecule has 0 fully saturated rings. The maximum absolute atomic E-state index is 12.7. The normalized spacial score (nSPS) is 16.5. The molecule has 4 aromatic carbocycles. The maximum Gasteiger partial charge on any atom is 0.331 e. The van der Waals surface area contributed by atoms with Crippen LogP contribution in [-0.4, -0.2) is 89.6 Å². The van der Waals surface area contributed by atoms with E-state index in [2.05, 4.69) is 86.0 Å². The predicted molar refractivity (Wildman–Crippen MR) is 239 cm³/mol. The number of fused-ring (bicyclic) bond motifs is 2. The van der Waals surface area contributed by atoms with E-state index in [0.717, 1.165) is 74.3 Å². The van der Waals surface area contributed by atoms with Gasteiger partial charge in [0.05, 0.1) is 41.7 Å². The summed E-state index contributed by atoms with van der Waals surface area (Å²) in [4.78, 5) is 30.3. The van der Waals surface area contributed by atoms with E-state index in [1.807, 2.05) is 13.0 Å². The van der Waals surface area contributed by atoms with Gasteiger partial charge in [-0.25, -0.2) is 9.59 Å². The van der Waals surface area contributed by atoms with Crippen molar-refractivity contribution in [2.75, 3.05) is 67.8 Å². The molecule has 0 saturated carbocycles.